The van der Waals surface area contributed by atoms with Crippen molar-refractivity contribution in [3.8, 4) is 5.75 Å². The van der Waals surface area contributed by atoms with Gasteiger partial charge in [0, 0.05) is 36.3 Å². The minimum atomic E-state index is -0.743. The summed E-state index contributed by atoms with van der Waals surface area (Å²) < 4.78 is 5.49. The molecule has 1 heterocycles. The van der Waals surface area contributed by atoms with Crippen LogP contribution in [0.5, 0.6) is 5.75 Å². The van der Waals surface area contributed by atoms with Crippen molar-refractivity contribution in [3.63, 3.8) is 0 Å². The lowest BCUT2D eigenvalue weighted by Crippen LogP contribution is -2.44. The van der Waals surface area contributed by atoms with Gasteiger partial charge in [-0.3, -0.25) is 4.99 Å². The molecule has 2 aromatic carbocycles. The van der Waals surface area contributed by atoms with E-state index in [0.717, 1.165) is 37.5 Å². The van der Waals surface area contributed by atoms with Crippen LogP contribution in [0.15, 0.2) is 53.5 Å². The van der Waals surface area contributed by atoms with Crippen molar-refractivity contribution >= 4 is 23.2 Å². The molecule has 1 aliphatic rings. The van der Waals surface area contributed by atoms with E-state index in [0.29, 0.717) is 16.5 Å². The molecule has 0 aromatic heterocycles. The van der Waals surface area contributed by atoms with Crippen molar-refractivity contribution in [2.45, 2.75) is 25.5 Å². The summed E-state index contributed by atoms with van der Waals surface area (Å²) in [5, 5.41) is 17.8. The molecule has 0 amide bonds. The van der Waals surface area contributed by atoms with E-state index in [9.17, 15) is 5.11 Å². The molecule has 0 saturated carbocycles. The zero-order valence-electron chi connectivity index (χ0n) is 16.9. The molecule has 1 saturated heterocycles. The third-order valence-electron chi connectivity index (χ3n) is 4.99. The second-order valence-corrected chi connectivity index (χ2v) is 7.41. The zero-order chi connectivity index (χ0) is 20.6. The Labute approximate surface area is 177 Å². The Morgan fingerprint density at radius 2 is 2.03 bits per heavy atom. The number of aliphatic hydroxyl groups excluding tert-OH is 1. The largest absolute Gasteiger partial charge is 0.495 e. The smallest absolute Gasteiger partial charge is 0.191 e. The fraction of sp³-hybridized carbons (Fsp3) is 0.409. The third kappa shape index (κ3) is 5.55. The van der Waals surface area contributed by atoms with Crippen LogP contribution in [-0.4, -0.2) is 50.4 Å². The Morgan fingerprint density at radius 1 is 1.28 bits per heavy atom. The summed E-state index contributed by atoms with van der Waals surface area (Å²) >= 11 is 6.18. The van der Waals surface area contributed by atoms with E-state index >= 15 is 0 Å². The first kappa shape index (κ1) is 21.3. The Kier molecular flexibility index (Phi) is 7.61. The van der Waals surface area contributed by atoms with Crippen LogP contribution in [0.2, 0.25) is 5.02 Å². The molecule has 1 aliphatic heterocycles. The van der Waals surface area contributed by atoms with Gasteiger partial charge in [0.05, 0.1) is 19.3 Å². The van der Waals surface area contributed by atoms with Gasteiger partial charge < -0.3 is 25.4 Å². The second kappa shape index (κ2) is 10.4. The highest BCUT2D eigenvalue weighted by atomic mass is 35.5. The number of aliphatic imine (C=N–C) groups is 1. The second-order valence-electron chi connectivity index (χ2n) is 7.00. The van der Waals surface area contributed by atoms with E-state index in [2.05, 4.69) is 26.6 Å². The molecule has 2 aromatic rings. The van der Waals surface area contributed by atoms with Gasteiger partial charge in [0.2, 0.25) is 0 Å². The Bertz CT molecular complexity index is 830. The maximum Gasteiger partial charge on any atom is 0.191 e. The highest BCUT2D eigenvalue weighted by molar-refractivity contribution is 6.31. The average Bonchev–Trinajstić information content (AvgIpc) is 3.20. The fourth-order valence-electron chi connectivity index (χ4n) is 3.52. The van der Waals surface area contributed by atoms with Crippen LogP contribution in [0.25, 0.3) is 0 Å². The molecule has 3 N–H and O–H groups in total. The topological polar surface area (TPSA) is 69.1 Å². The number of guanidine groups is 1. The highest BCUT2D eigenvalue weighted by Crippen LogP contribution is 2.30. The average molecular weight is 417 g/mol. The lowest BCUT2D eigenvalue weighted by molar-refractivity contribution is 0.187. The lowest BCUT2D eigenvalue weighted by atomic mass is 10.1. The van der Waals surface area contributed by atoms with Gasteiger partial charge in [0.15, 0.2) is 5.96 Å². The molecule has 29 heavy (non-hydrogen) atoms. The number of hydrogen-bond donors (Lipinski definition) is 3. The molecular weight excluding hydrogens is 388 g/mol. The molecule has 1 fully saturated rings. The molecule has 3 rings (SSSR count). The molecule has 0 spiro atoms. The summed E-state index contributed by atoms with van der Waals surface area (Å²) in [4.78, 5) is 6.89. The van der Waals surface area contributed by atoms with Crippen LogP contribution in [0.3, 0.4) is 0 Å². The van der Waals surface area contributed by atoms with Crippen molar-refractivity contribution in [1.82, 2.24) is 10.6 Å². The Hall–Kier alpha value is -2.44. The van der Waals surface area contributed by atoms with E-state index in [1.54, 1.807) is 13.2 Å². The van der Waals surface area contributed by atoms with Gasteiger partial charge in [-0.1, -0.05) is 41.9 Å². The van der Waals surface area contributed by atoms with Gasteiger partial charge in [-0.2, -0.15) is 0 Å². The van der Waals surface area contributed by atoms with E-state index in [1.807, 2.05) is 43.3 Å². The summed E-state index contributed by atoms with van der Waals surface area (Å²) in [5.41, 5.74) is 1.80. The third-order valence-corrected chi connectivity index (χ3v) is 5.33. The van der Waals surface area contributed by atoms with Crippen LogP contribution in [0.4, 0.5) is 5.69 Å². The van der Waals surface area contributed by atoms with Gasteiger partial charge in [0.1, 0.15) is 11.9 Å². The molecule has 0 bridgehead atoms. The minimum absolute atomic E-state index is 0.238. The minimum Gasteiger partial charge on any atom is -0.495 e. The van der Waals surface area contributed by atoms with Gasteiger partial charge in [-0.25, -0.2) is 0 Å². The number of nitrogens with zero attached hydrogens (tertiary/aromatic N) is 2. The number of ether oxygens (including phenoxy) is 1. The first-order valence-corrected chi connectivity index (χ1v) is 10.4. The first-order valence-electron chi connectivity index (χ1n) is 9.97. The molecular formula is C22H29ClN4O2. The predicted octanol–water partition coefficient (Wildman–Crippen LogP) is 3.22. The van der Waals surface area contributed by atoms with Crippen molar-refractivity contribution in [2.24, 2.45) is 4.99 Å². The first-order chi connectivity index (χ1) is 14.1. The lowest BCUT2D eigenvalue weighted by Gasteiger charge is -2.22. The zero-order valence-corrected chi connectivity index (χ0v) is 17.7. The van der Waals surface area contributed by atoms with Gasteiger partial charge in [-0.15, -0.1) is 0 Å². The maximum atomic E-state index is 10.5. The number of anilines is 1. The van der Waals surface area contributed by atoms with Crippen molar-refractivity contribution < 1.29 is 9.84 Å². The van der Waals surface area contributed by atoms with Crippen LogP contribution < -0.4 is 20.3 Å². The number of para-hydroxylation sites is 2. The number of halogens is 1. The standard InChI is InChI=1S/C22H29ClN4O2/c1-3-24-22(25-14-20(28)17-8-4-5-9-18(17)23)26-16-12-13-27(15-16)19-10-6-7-11-21(19)29-2/h4-11,16,20,28H,3,12-15H2,1-2H3,(H2,24,25,26). The van der Waals surface area contributed by atoms with E-state index in [1.165, 1.54) is 0 Å². The van der Waals surface area contributed by atoms with Gasteiger partial charge in [-0.05, 0) is 31.5 Å². The van der Waals surface area contributed by atoms with Crippen LogP contribution in [-0.2, 0) is 0 Å². The van der Waals surface area contributed by atoms with E-state index in [-0.39, 0.29) is 12.6 Å². The van der Waals surface area contributed by atoms with E-state index < -0.39 is 6.10 Å². The number of methoxy groups -OCH3 is 1. The molecule has 7 heteroatoms. The van der Waals surface area contributed by atoms with Crippen molar-refractivity contribution in [3.05, 3.63) is 59.1 Å². The van der Waals surface area contributed by atoms with Gasteiger partial charge >= 0.3 is 0 Å². The highest BCUT2D eigenvalue weighted by Gasteiger charge is 2.25. The molecule has 156 valence electrons. The number of rotatable bonds is 7. The SMILES string of the molecule is CCNC(=NCC(O)c1ccccc1Cl)NC1CCN(c2ccccc2OC)C1. The summed E-state index contributed by atoms with van der Waals surface area (Å²) in [6.45, 7) is 4.81. The van der Waals surface area contributed by atoms with Crippen molar-refractivity contribution in [1.29, 1.82) is 0 Å². The summed E-state index contributed by atoms with van der Waals surface area (Å²) in [6.07, 6.45) is 0.253. The number of aliphatic hydroxyl groups is 1. The Morgan fingerprint density at radius 3 is 2.79 bits per heavy atom. The van der Waals surface area contributed by atoms with Crippen LogP contribution in [0, 0.1) is 0 Å². The monoisotopic (exact) mass is 416 g/mol. The normalized spacial score (nSPS) is 17.9. The van der Waals surface area contributed by atoms with Crippen molar-refractivity contribution in [2.75, 3.05) is 38.2 Å². The van der Waals surface area contributed by atoms with E-state index in [4.69, 9.17) is 16.3 Å². The Balaban J connectivity index is 1.62. The summed E-state index contributed by atoms with van der Waals surface area (Å²) in [7, 11) is 1.70. The number of hydrogen-bond acceptors (Lipinski definition) is 4. The van der Waals surface area contributed by atoms with Crippen LogP contribution >= 0.6 is 11.6 Å². The molecule has 2 unspecified atom stereocenters. The molecule has 0 radical (unpaired) electrons. The summed E-state index contributed by atoms with van der Waals surface area (Å²) in [6, 6.07) is 15.6. The quantitative estimate of drug-likeness (QED) is 0.477. The number of nitrogens with one attached hydrogen (secondary N) is 2. The molecule has 2 atom stereocenters. The maximum absolute atomic E-state index is 10.5. The molecule has 0 aliphatic carbocycles. The fourth-order valence-corrected chi connectivity index (χ4v) is 3.78. The number of benzene rings is 2. The van der Waals surface area contributed by atoms with Gasteiger partial charge in [0.25, 0.3) is 0 Å². The summed E-state index contributed by atoms with van der Waals surface area (Å²) in [5.74, 6) is 1.59. The van der Waals surface area contributed by atoms with Crippen LogP contribution in [0.1, 0.15) is 25.0 Å². The predicted molar refractivity (Wildman–Crippen MR) is 119 cm³/mol. The molecule has 6 nitrogen and oxygen atoms in total.